The second-order valence-corrected chi connectivity index (χ2v) is 6.71. The van der Waals surface area contributed by atoms with Gasteiger partial charge in [-0.25, -0.2) is 0 Å². The van der Waals surface area contributed by atoms with Crippen molar-refractivity contribution in [2.75, 3.05) is 54.4 Å². The van der Waals surface area contributed by atoms with Crippen LogP contribution in [0.2, 0.25) is 0 Å². The molecule has 1 N–H and O–H groups in total. The van der Waals surface area contributed by atoms with Crippen LogP contribution < -0.4 is 5.32 Å². The minimum atomic E-state index is -0.373. The van der Waals surface area contributed by atoms with E-state index in [9.17, 15) is 4.79 Å². The Hall–Kier alpha value is -0.650. The first-order valence-electron chi connectivity index (χ1n) is 7.63. The zero-order valence-electron chi connectivity index (χ0n) is 14.1. The first-order chi connectivity index (χ1) is 9.27. The number of nitrogens with zero attached hydrogens (tertiary/aromatic N) is 3. The molecule has 1 aliphatic heterocycles. The number of hydrogen-bond donors (Lipinski definition) is 1. The van der Waals surface area contributed by atoms with E-state index in [-0.39, 0.29) is 11.4 Å². The predicted molar refractivity (Wildman–Crippen MR) is 83.9 cm³/mol. The number of rotatable bonds is 6. The normalized spacial score (nSPS) is 19.6. The third-order valence-corrected chi connectivity index (χ3v) is 4.04. The van der Waals surface area contributed by atoms with Gasteiger partial charge < -0.3 is 20.0 Å². The van der Waals surface area contributed by atoms with Crippen LogP contribution in [-0.4, -0.2) is 86.6 Å². The molecule has 0 aliphatic carbocycles. The lowest BCUT2D eigenvalue weighted by Gasteiger charge is -2.43. The average Bonchev–Trinajstić information content (AvgIpc) is 2.37. The molecule has 0 radical (unpaired) electrons. The molecular weight excluding hydrogens is 252 g/mol. The van der Waals surface area contributed by atoms with E-state index in [1.54, 1.807) is 0 Å². The molecule has 0 saturated carbocycles. The molecule has 1 fully saturated rings. The maximum absolute atomic E-state index is 12.9. The Bertz CT molecular complexity index is 309. The fraction of sp³-hybridized carbons (Fsp3) is 0.933. The highest BCUT2D eigenvalue weighted by molar-refractivity contribution is 5.86. The van der Waals surface area contributed by atoms with E-state index in [1.807, 2.05) is 26.0 Å². The molecule has 1 amide bonds. The molecule has 1 heterocycles. The lowest BCUT2D eigenvalue weighted by atomic mass is 9.85. The van der Waals surface area contributed by atoms with E-state index in [4.69, 9.17) is 0 Å². The van der Waals surface area contributed by atoms with Gasteiger partial charge in [-0.05, 0) is 47.8 Å². The molecule has 118 valence electrons. The molecule has 0 spiro atoms. The molecule has 1 aliphatic rings. The smallest absolute Gasteiger partial charge is 0.242 e. The van der Waals surface area contributed by atoms with Gasteiger partial charge in [0.05, 0.1) is 0 Å². The molecule has 1 rings (SSSR count). The van der Waals surface area contributed by atoms with Gasteiger partial charge in [-0.3, -0.25) is 4.79 Å². The number of carbonyl (C=O) groups is 1. The Labute approximate surface area is 124 Å². The van der Waals surface area contributed by atoms with Gasteiger partial charge in [0, 0.05) is 39.3 Å². The maximum atomic E-state index is 12.9. The topological polar surface area (TPSA) is 38.8 Å². The van der Waals surface area contributed by atoms with Gasteiger partial charge in [0.15, 0.2) is 0 Å². The van der Waals surface area contributed by atoms with Crippen LogP contribution in [0.1, 0.15) is 26.7 Å². The summed E-state index contributed by atoms with van der Waals surface area (Å²) < 4.78 is 0. The lowest BCUT2D eigenvalue weighted by Crippen LogP contribution is -2.63. The number of piperidine rings is 1. The summed E-state index contributed by atoms with van der Waals surface area (Å²) in [5.74, 6) is 0.251. The van der Waals surface area contributed by atoms with Crippen molar-refractivity contribution < 1.29 is 4.79 Å². The van der Waals surface area contributed by atoms with E-state index < -0.39 is 0 Å². The molecule has 1 saturated heterocycles. The second kappa shape index (κ2) is 7.38. The highest BCUT2D eigenvalue weighted by Gasteiger charge is 2.42. The van der Waals surface area contributed by atoms with Gasteiger partial charge in [0.25, 0.3) is 0 Å². The molecule has 0 atom stereocenters. The van der Waals surface area contributed by atoms with Crippen molar-refractivity contribution in [3.63, 3.8) is 0 Å². The van der Waals surface area contributed by atoms with E-state index >= 15 is 0 Å². The molecule has 5 heteroatoms. The fourth-order valence-electron chi connectivity index (χ4n) is 2.79. The summed E-state index contributed by atoms with van der Waals surface area (Å²) in [6, 6.07) is 0.324. The molecule has 0 bridgehead atoms. The summed E-state index contributed by atoms with van der Waals surface area (Å²) in [6.45, 7) is 7.88. The molecular formula is C15H32N4O. The Morgan fingerprint density at radius 1 is 1.20 bits per heavy atom. The third-order valence-electron chi connectivity index (χ3n) is 4.04. The second-order valence-electron chi connectivity index (χ2n) is 6.71. The third kappa shape index (κ3) is 4.72. The Balaban J connectivity index is 2.74. The van der Waals surface area contributed by atoms with Crippen LogP contribution in [-0.2, 0) is 4.79 Å². The highest BCUT2D eigenvalue weighted by atomic mass is 16.2. The summed E-state index contributed by atoms with van der Waals surface area (Å²) in [5.41, 5.74) is -0.373. The fourth-order valence-corrected chi connectivity index (χ4v) is 2.79. The molecule has 5 nitrogen and oxygen atoms in total. The lowest BCUT2D eigenvalue weighted by molar-refractivity contribution is -0.139. The van der Waals surface area contributed by atoms with Gasteiger partial charge in [-0.1, -0.05) is 0 Å². The Kier molecular flexibility index (Phi) is 6.43. The Morgan fingerprint density at radius 2 is 1.75 bits per heavy atom. The number of nitrogens with one attached hydrogen (secondary N) is 1. The van der Waals surface area contributed by atoms with E-state index in [1.165, 1.54) is 0 Å². The van der Waals surface area contributed by atoms with Crippen molar-refractivity contribution in [1.29, 1.82) is 0 Å². The first-order valence-corrected chi connectivity index (χ1v) is 7.63. The van der Waals surface area contributed by atoms with Crippen molar-refractivity contribution in [3.8, 4) is 0 Å². The van der Waals surface area contributed by atoms with E-state index in [2.05, 4.69) is 36.0 Å². The van der Waals surface area contributed by atoms with Crippen LogP contribution in [0, 0.1) is 0 Å². The van der Waals surface area contributed by atoms with Crippen LogP contribution in [0.3, 0.4) is 0 Å². The van der Waals surface area contributed by atoms with Crippen LogP contribution in [0.15, 0.2) is 0 Å². The summed E-state index contributed by atoms with van der Waals surface area (Å²) in [7, 11) is 8.12. The van der Waals surface area contributed by atoms with Gasteiger partial charge in [0.1, 0.15) is 5.54 Å². The average molecular weight is 284 g/mol. The summed E-state index contributed by atoms with van der Waals surface area (Å²) in [6.07, 6.45) is 1.79. The number of amides is 1. The summed E-state index contributed by atoms with van der Waals surface area (Å²) in [4.78, 5) is 19.2. The van der Waals surface area contributed by atoms with Crippen LogP contribution in [0.4, 0.5) is 0 Å². The minimum Gasteiger partial charge on any atom is -0.343 e. The number of carbonyl (C=O) groups excluding carboxylic acids is 1. The number of likely N-dealkylation sites (N-methyl/N-ethyl adjacent to an activating group) is 2. The number of likely N-dealkylation sites (tertiary alicyclic amines) is 1. The van der Waals surface area contributed by atoms with Crippen LogP contribution >= 0.6 is 0 Å². The van der Waals surface area contributed by atoms with Gasteiger partial charge in [0.2, 0.25) is 5.91 Å². The summed E-state index contributed by atoms with van der Waals surface area (Å²) in [5, 5.41) is 3.55. The number of hydrogen-bond acceptors (Lipinski definition) is 4. The quantitative estimate of drug-likeness (QED) is 0.769. The first kappa shape index (κ1) is 17.4. The maximum Gasteiger partial charge on any atom is 0.242 e. The van der Waals surface area contributed by atoms with Crippen molar-refractivity contribution in [1.82, 2.24) is 20.0 Å². The molecule has 0 unspecified atom stereocenters. The van der Waals surface area contributed by atoms with Crippen LogP contribution in [0.5, 0.6) is 0 Å². The summed E-state index contributed by atoms with van der Waals surface area (Å²) >= 11 is 0. The van der Waals surface area contributed by atoms with Gasteiger partial charge in [-0.15, -0.1) is 0 Å². The standard InChI is InChI=1S/C15H32N4O/c1-13(2)16-15(7-9-18(5)10-8-15)14(20)19(6)12-11-17(3)4/h13,16H,7-12H2,1-6H3. The highest BCUT2D eigenvalue weighted by Crippen LogP contribution is 2.24. The van der Waals surface area contributed by atoms with E-state index in [0.717, 1.165) is 39.0 Å². The molecule has 0 aromatic rings. The zero-order chi connectivity index (χ0) is 15.3. The van der Waals surface area contributed by atoms with Gasteiger partial charge >= 0.3 is 0 Å². The monoisotopic (exact) mass is 284 g/mol. The van der Waals surface area contributed by atoms with Crippen molar-refractivity contribution in [3.05, 3.63) is 0 Å². The zero-order valence-corrected chi connectivity index (χ0v) is 14.1. The van der Waals surface area contributed by atoms with E-state index in [0.29, 0.717) is 6.04 Å². The molecule has 20 heavy (non-hydrogen) atoms. The van der Waals surface area contributed by atoms with Crippen molar-refractivity contribution >= 4 is 5.91 Å². The molecule has 0 aromatic heterocycles. The Morgan fingerprint density at radius 3 is 2.20 bits per heavy atom. The molecule has 0 aromatic carbocycles. The van der Waals surface area contributed by atoms with Crippen molar-refractivity contribution in [2.24, 2.45) is 0 Å². The SMILES string of the molecule is CC(C)NC1(C(=O)N(C)CCN(C)C)CCN(C)CC1. The van der Waals surface area contributed by atoms with Crippen molar-refractivity contribution in [2.45, 2.75) is 38.3 Å². The largest absolute Gasteiger partial charge is 0.343 e. The van der Waals surface area contributed by atoms with Gasteiger partial charge in [-0.2, -0.15) is 0 Å². The predicted octanol–water partition coefficient (Wildman–Crippen LogP) is 0.469. The van der Waals surface area contributed by atoms with Crippen LogP contribution in [0.25, 0.3) is 0 Å². The minimum absolute atomic E-state index is 0.251.